The van der Waals surface area contributed by atoms with E-state index in [0.29, 0.717) is 0 Å². The largest absolute Gasteiger partial charge is 0.0654 e. The van der Waals surface area contributed by atoms with Gasteiger partial charge in [-0.15, -0.1) is 0 Å². The summed E-state index contributed by atoms with van der Waals surface area (Å²) in [7, 11) is 0. The first-order chi connectivity index (χ1) is 4.66. The van der Waals surface area contributed by atoms with E-state index in [0.717, 1.165) is 5.92 Å². The Bertz CT molecular complexity index is 64.4. The first-order valence-corrected chi connectivity index (χ1v) is 4.45. The van der Waals surface area contributed by atoms with Crippen molar-refractivity contribution in [1.29, 1.82) is 0 Å². The summed E-state index contributed by atoms with van der Waals surface area (Å²) >= 11 is 0. The lowest BCUT2D eigenvalue weighted by Crippen LogP contribution is -1.97. The van der Waals surface area contributed by atoms with Gasteiger partial charge in [0.15, 0.2) is 0 Å². The van der Waals surface area contributed by atoms with Gasteiger partial charge in [0.2, 0.25) is 0 Å². The molecule has 0 nitrogen and oxygen atoms in total. The van der Waals surface area contributed by atoms with E-state index < -0.39 is 0 Å². The Labute approximate surface area is 66.0 Å². The average molecular weight is 141 g/mol. The number of hydrogen-bond donors (Lipinski definition) is 0. The zero-order chi connectivity index (χ0) is 7.98. The van der Waals surface area contributed by atoms with E-state index >= 15 is 0 Å². The summed E-state index contributed by atoms with van der Waals surface area (Å²) in [6.45, 7) is 9.06. The van der Waals surface area contributed by atoms with Crippen molar-refractivity contribution in [3.8, 4) is 0 Å². The predicted octanol–water partition coefficient (Wildman–Crippen LogP) is 3.82. The summed E-state index contributed by atoms with van der Waals surface area (Å²) in [6, 6.07) is 0. The van der Waals surface area contributed by atoms with Gasteiger partial charge in [0.05, 0.1) is 0 Å². The van der Waals surface area contributed by atoms with Gasteiger partial charge in [-0.05, 0) is 18.3 Å². The molecule has 0 amide bonds. The lowest BCUT2D eigenvalue weighted by atomic mass is 9.94. The quantitative estimate of drug-likeness (QED) is 0.546. The maximum Gasteiger partial charge on any atom is -0.0300 e. The van der Waals surface area contributed by atoms with Crippen LogP contribution in [0.4, 0.5) is 0 Å². The molecule has 0 heterocycles. The molecule has 1 radical (unpaired) electrons. The monoisotopic (exact) mass is 141 g/mol. The van der Waals surface area contributed by atoms with E-state index in [1.165, 1.54) is 25.7 Å². The molecule has 1 unspecified atom stereocenters. The second-order valence-corrected chi connectivity index (χ2v) is 3.66. The highest BCUT2D eigenvalue weighted by Crippen LogP contribution is 2.17. The van der Waals surface area contributed by atoms with E-state index in [4.69, 9.17) is 0 Å². The molecular weight excluding hydrogens is 120 g/mol. The highest BCUT2D eigenvalue weighted by Gasteiger charge is 2.03. The molecule has 0 N–H and O–H groups in total. The van der Waals surface area contributed by atoms with Crippen molar-refractivity contribution in [2.75, 3.05) is 0 Å². The van der Waals surface area contributed by atoms with Crippen molar-refractivity contribution in [3.63, 3.8) is 0 Å². The highest BCUT2D eigenvalue weighted by molar-refractivity contribution is 4.78. The van der Waals surface area contributed by atoms with Gasteiger partial charge >= 0.3 is 0 Å². The fourth-order valence-corrected chi connectivity index (χ4v) is 1.35. The summed E-state index contributed by atoms with van der Waals surface area (Å²) in [5, 5.41) is 0. The topological polar surface area (TPSA) is 0 Å². The second-order valence-electron chi connectivity index (χ2n) is 3.66. The molecule has 0 heteroatoms. The van der Waals surface area contributed by atoms with E-state index in [9.17, 15) is 0 Å². The van der Waals surface area contributed by atoms with Gasteiger partial charge < -0.3 is 0 Å². The lowest BCUT2D eigenvalue weighted by molar-refractivity contribution is 0.481. The van der Waals surface area contributed by atoms with Crippen LogP contribution in [0.3, 0.4) is 0 Å². The Hall–Kier alpha value is 0. The van der Waals surface area contributed by atoms with Gasteiger partial charge in [-0.1, -0.05) is 47.0 Å². The maximum atomic E-state index is 2.35. The molecule has 0 fully saturated rings. The zero-order valence-corrected chi connectivity index (χ0v) is 7.91. The molecule has 0 aliphatic heterocycles. The highest BCUT2D eigenvalue weighted by atomic mass is 14.1. The molecule has 10 heavy (non-hydrogen) atoms. The summed E-state index contributed by atoms with van der Waals surface area (Å²) in [5.74, 6) is 2.48. The third kappa shape index (κ3) is 6.12. The fourth-order valence-electron chi connectivity index (χ4n) is 1.35. The van der Waals surface area contributed by atoms with E-state index in [1.807, 2.05) is 0 Å². The predicted molar refractivity (Wildman–Crippen MR) is 47.9 cm³/mol. The molecule has 0 rings (SSSR count). The molecular formula is C10H21. The Morgan fingerprint density at radius 3 is 2.30 bits per heavy atom. The van der Waals surface area contributed by atoms with Crippen molar-refractivity contribution < 1.29 is 0 Å². The standard InChI is InChI=1S/C10H21/c1-5-6-7-10(4)8-9(2)3/h10H,5-8H2,1-4H3. The lowest BCUT2D eigenvalue weighted by Gasteiger charge is -2.11. The van der Waals surface area contributed by atoms with Gasteiger partial charge in [-0.3, -0.25) is 0 Å². The summed E-state index contributed by atoms with van der Waals surface area (Å²) in [5.41, 5.74) is 0. The molecule has 0 aromatic rings. The first kappa shape index (κ1) is 10.0. The van der Waals surface area contributed by atoms with E-state index in [2.05, 4.69) is 27.7 Å². The van der Waals surface area contributed by atoms with Crippen LogP contribution in [0.2, 0.25) is 0 Å². The van der Waals surface area contributed by atoms with Crippen LogP contribution in [0, 0.1) is 11.8 Å². The van der Waals surface area contributed by atoms with Gasteiger partial charge in [0.1, 0.15) is 0 Å². The van der Waals surface area contributed by atoms with Crippen LogP contribution in [0.15, 0.2) is 0 Å². The third-order valence-electron chi connectivity index (χ3n) is 1.81. The fraction of sp³-hybridized carbons (Fsp3) is 0.900. The molecule has 61 valence electrons. The van der Waals surface area contributed by atoms with Crippen molar-refractivity contribution in [2.45, 2.75) is 53.4 Å². The smallest absolute Gasteiger partial charge is 0.0300 e. The Kier molecular flexibility index (Phi) is 5.76. The SMILES string of the molecule is CCCCC(C)C[C](C)C. The van der Waals surface area contributed by atoms with Gasteiger partial charge in [-0.25, -0.2) is 0 Å². The minimum absolute atomic E-state index is 0.907. The van der Waals surface area contributed by atoms with Gasteiger partial charge in [0.25, 0.3) is 0 Å². The van der Waals surface area contributed by atoms with Crippen LogP contribution in [-0.2, 0) is 0 Å². The number of rotatable bonds is 5. The van der Waals surface area contributed by atoms with Gasteiger partial charge in [0, 0.05) is 0 Å². The van der Waals surface area contributed by atoms with Crippen LogP contribution in [0.5, 0.6) is 0 Å². The Balaban J connectivity index is 3.16. The molecule has 0 aliphatic carbocycles. The molecule has 0 saturated carbocycles. The summed E-state index contributed by atoms with van der Waals surface area (Å²) in [4.78, 5) is 0. The summed E-state index contributed by atoms with van der Waals surface area (Å²) < 4.78 is 0. The Morgan fingerprint density at radius 2 is 1.90 bits per heavy atom. The molecule has 0 bridgehead atoms. The minimum Gasteiger partial charge on any atom is -0.0654 e. The van der Waals surface area contributed by atoms with E-state index in [-0.39, 0.29) is 0 Å². The molecule has 1 atom stereocenters. The normalized spacial score (nSPS) is 14.1. The zero-order valence-electron chi connectivity index (χ0n) is 7.91. The second kappa shape index (κ2) is 5.76. The number of unbranched alkanes of at least 4 members (excludes halogenated alkanes) is 1. The van der Waals surface area contributed by atoms with E-state index in [1.54, 1.807) is 5.92 Å². The van der Waals surface area contributed by atoms with Crippen molar-refractivity contribution >= 4 is 0 Å². The molecule has 0 spiro atoms. The number of hydrogen-bond acceptors (Lipinski definition) is 0. The molecule has 0 aliphatic rings. The van der Waals surface area contributed by atoms with Crippen molar-refractivity contribution in [1.82, 2.24) is 0 Å². The van der Waals surface area contributed by atoms with Crippen LogP contribution >= 0.6 is 0 Å². The van der Waals surface area contributed by atoms with Crippen LogP contribution < -0.4 is 0 Å². The van der Waals surface area contributed by atoms with Crippen molar-refractivity contribution in [3.05, 3.63) is 5.92 Å². The average Bonchev–Trinajstić information content (AvgIpc) is 1.82. The maximum absolute atomic E-state index is 2.35. The van der Waals surface area contributed by atoms with Gasteiger partial charge in [-0.2, -0.15) is 0 Å². The molecule has 0 aromatic heterocycles. The first-order valence-electron chi connectivity index (χ1n) is 4.45. The minimum atomic E-state index is 0.907. The van der Waals surface area contributed by atoms with Crippen LogP contribution in [0.1, 0.15) is 53.4 Å². The molecule has 0 saturated heterocycles. The third-order valence-corrected chi connectivity index (χ3v) is 1.81. The molecule has 0 aromatic carbocycles. The summed E-state index contributed by atoms with van der Waals surface area (Å²) in [6.07, 6.45) is 5.46. The Morgan fingerprint density at radius 1 is 1.30 bits per heavy atom. The van der Waals surface area contributed by atoms with Crippen molar-refractivity contribution in [2.24, 2.45) is 5.92 Å². The van der Waals surface area contributed by atoms with Crippen LogP contribution in [0.25, 0.3) is 0 Å². The van der Waals surface area contributed by atoms with Crippen LogP contribution in [-0.4, -0.2) is 0 Å².